The Morgan fingerprint density at radius 3 is 2.72 bits per heavy atom. The van der Waals surface area contributed by atoms with Crippen LogP contribution in [0.25, 0.3) is 0 Å². The zero-order valence-electron chi connectivity index (χ0n) is 16.8. The number of nitrogens with one attached hydrogen (secondary N) is 2. The van der Waals surface area contributed by atoms with Gasteiger partial charge in [0.25, 0.3) is 5.82 Å². The minimum absolute atomic E-state index is 0.0330. The van der Waals surface area contributed by atoms with E-state index in [1.807, 2.05) is 12.1 Å². The number of hydrogen-bond acceptors (Lipinski definition) is 6. The van der Waals surface area contributed by atoms with Gasteiger partial charge in [-0.15, -0.1) is 0 Å². The van der Waals surface area contributed by atoms with Crippen LogP contribution < -0.4 is 15.4 Å². The average Bonchev–Trinajstić information content (AvgIpc) is 2.79. The molecule has 2 heterocycles. The predicted octanol–water partition coefficient (Wildman–Crippen LogP) is 3.09. The lowest BCUT2D eigenvalue weighted by atomic mass is 10.1. The molecule has 0 amide bonds. The fraction of sp³-hybridized carbons (Fsp3) is 0.227. The molecule has 166 valence electrons. The zero-order chi connectivity index (χ0) is 23.1. The molecule has 7 nitrogen and oxygen atoms in total. The van der Waals surface area contributed by atoms with E-state index in [2.05, 4.69) is 15.6 Å². The fourth-order valence-corrected chi connectivity index (χ4v) is 3.23. The highest BCUT2D eigenvalue weighted by Crippen LogP contribution is 2.26. The number of hydrogen-bond donors (Lipinski definition) is 3. The Hall–Kier alpha value is -3.32. The van der Waals surface area contributed by atoms with Gasteiger partial charge in [0.1, 0.15) is 23.7 Å². The van der Waals surface area contributed by atoms with E-state index in [-0.39, 0.29) is 30.0 Å². The highest BCUT2D eigenvalue weighted by atomic mass is 35.5. The molecule has 0 aliphatic heterocycles. The quantitative estimate of drug-likeness (QED) is 0.258. The average molecular weight is 460 g/mol. The first-order valence-electron chi connectivity index (χ1n) is 9.65. The molecule has 0 saturated carbocycles. The molecule has 0 radical (unpaired) electrons. The van der Waals surface area contributed by atoms with E-state index < -0.39 is 24.4 Å². The molecule has 1 unspecified atom stereocenters. The second kappa shape index (κ2) is 10.3. The van der Waals surface area contributed by atoms with Crippen LogP contribution in [-0.2, 0) is 18.9 Å². The van der Waals surface area contributed by atoms with Gasteiger partial charge in [0.05, 0.1) is 12.0 Å². The van der Waals surface area contributed by atoms with E-state index in [0.717, 1.165) is 5.56 Å². The van der Waals surface area contributed by atoms with Crippen molar-refractivity contribution in [1.82, 2.24) is 10.3 Å². The minimum atomic E-state index is -3.32. The molecule has 0 bridgehead atoms. The van der Waals surface area contributed by atoms with Crippen molar-refractivity contribution in [3.63, 3.8) is 0 Å². The van der Waals surface area contributed by atoms with E-state index in [0.29, 0.717) is 9.75 Å². The first-order chi connectivity index (χ1) is 15.3. The summed E-state index contributed by atoms with van der Waals surface area (Å²) in [6.07, 6.45) is -0.111. The molecular formula is C22H20ClF2N5O2. The van der Waals surface area contributed by atoms with Gasteiger partial charge in [0.2, 0.25) is 0 Å². The summed E-state index contributed by atoms with van der Waals surface area (Å²) < 4.78 is 29.1. The van der Waals surface area contributed by atoms with Gasteiger partial charge >= 0.3 is 5.92 Å². The summed E-state index contributed by atoms with van der Waals surface area (Å²) in [6, 6.07) is 15.7. The summed E-state index contributed by atoms with van der Waals surface area (Å²) in [5.41, 5.74) is 0.370. The van der Waals surface area contributed by atoms with Gasteiger partial charge in [-0.2, -0.15) is 14.0 Å². The highest BCUT2D eigenvalue weighted by molar-refractivity contribution is 6.30. The summed E-state index contributed by atoms with van der Waals surface area (Å²) in [5, 5.41) is 38.2. The van der Waals surface area contributed by atoms with Gasteiger partial charge in [-0.3, -0.25) is 15.6 Å². The van der Waals surface area contributed by atoms with E-state index in [9.17, 15) is 24.4 Å². The van der Waals surface area contributed by atoms with Gasteiger partial charge in [0, 0.05) is 23.8 Å². The minimum Gasteiger partial charge on any atom is -0.710 e. The van der Waals surface area contributed by atoms with E-state index in [4.69, 9.17) is 11.6 Å². The van der Waals surface area contributed by atoms with E-state index in [1.165, 1.54) is 36.5 Å². The monoisotopic (exact) mass is 459 g/mol. The van der Waals surface area contributed by atoms with Crippen LogP contribution in [0, 0.1) is 16.5 Å². The molecule has 10 heteroatoms. The topological polar surface area (TPSA) is 108 Å². The van der Waals surface area contributed by atoms with Crippen molar-refractivity contribution in [3.8, 4) is 6.07 Å². The third kappa shape index (κ3) is 5.88. The van der Waals surface area contributed by atoms with Crippen LogP contribution in [0.15, 0.2) is 60.8 Å². The molecule has 2 aromatic heterocycles. The number of alkyl halides is 2. The van der Waals surface area contributed by atoms with Crippen molar-refractivity contribution < 1.29 is 18.6 Å². The van der Waals surface area contributed by atoms with Crippen molar-refractivity contribution in [2.75, 3.05) is 11.9 Å². The first-order valence-corrected chi connectivity index (χ1v) is 10.0. The highest BCUT2D eigenvalue weighted by Gasteiger charge is 2.35. The number of aliphatic hydroxyl groups excluding tert-OH is 1. The third-order valence-corrected chi connectivity index (χ3v) is 4.89. The number of rotatable bonds is 9. The molecule has 32 heavy (non-hydrogen) atoms. The Balaban J connectivity index is 1.70. The number of aliphatic hydroxyl groups is 1. The van der Waals surface area contributed by atoms with Gasteiger partial charge in [-0.25, -0.2) is 4.73 Å². The van der Waals surface area contributed by atoms with Crippen LogP contribution in [0.3, 0.4) is 0 Å². The molecule has 0 fully saturated rings. The van der Waals surface area contributed by atoms with E-state index >= 15 is 0 Å². The number of halogens is 3. The number of nitriles is 1. The van der Waals surface area contributed by atoms with Crippen molar-refractivity contribution in [2.24, 2.45) is 0 Å². The van der Waals surface area contributed by atoms with Crippen molar-refractivity contribution in [2.45, 2.75) is 25.1 Å². The maximum Gasteiger partial charge on any atom is 0.325 e. The third-order valence-electron chi connectivity index (χ3n) is 4.65. The second-order valence-electron chi connectivity index (χ2n) is 6.99. The molecule has 3 aromatic rings. The van der Waals surface area contributed by atoms with Crippen molar-refractivity contribution >= 4 is 17.4 Å². The Morgan fingerprint density at radius 2 is 2.03 bits per heavy atom. The first kappa shape index (κ1) is 23.3. The Bertz CT molecular complexity index is 1110. The van der Waals surface area contributed by atoms with Gasteiger partial charge in [-0.05, 0) is 35.9 Å². The van der Waals surface area contributed by atoms with Crippen LogP contribution >= 0.6 is 11.6 Å². The SMILES string of the molecule is N#Cc1ccc(NCC(F)(F)c2ccccn2)[n+]([O-])c1CC(O)NCc1cccc(Cl)c1. The van der Waals surface area contributed by atoms with Gasteiger partial charge < -0.3 is 10.3 Å². The summed E-state index contributed by atoms with van der Waals surface area (Å²) in [5.74, 6) is -3.49. The molecule has 3 N–H and O–H groups in total. The lowest BCUT2D eigenvalue weighted by Crippen LogP contribution is -2.42. The molecule has 1 aromatic carbocycles. The summed E-state index contributed by atoms with van der Waals surface area (Å²) in [6.45, 7) is -0.593. The number of benzene rings is 1. The van der Waals surface area contributed by atoms with Crippen LogP contribution in [0.5, 0.6) is 0 Å². The lowest BCUT2D eigenvalue weighted by Gasteiger charge is -2.20. The summed E-state index contributed by atoms with van der Waals surface area (Å²) in [4.78, 5) is 3.65. The molecule has 1 atom stereocenters. The number of pyridine rings is 2. The fourth-order valence-electron chi connectivity index (χ4n) is 3.02. The Morgan fingerprint density at radius 1 is 1.22 bits per heavy atom. The number of anilines is 1. The second-order valence-corrected chi connectivity index (χ2v) is 7.43. The molecule has 0 saturated heterocycles. The standard InChI is InChI=1S/C22H20ClF2N5O2/c23-17-5-3-4-15(10-17)13-28-21(31)11-18-16(12-26)7-8-20(30(18)32)29-14-22(24,25)19-6-1-2-9-27-19/h1-10,21,28-29,31H,11,13-14H2. The largest absolute Gasteiger partial charge is 0.710 e. The van der Waals surface area contributed by atoms with Crippen LogP contribution in [-0.4, -0.2) is 22.9 Å². The smallest absolute Gasteiger partial charge is 0.325 e. The Kier molecular flexibility index (Phi) is 7.53. The lowest BCUT2D eigenvalue weighted by molar-refractivity contribution is -0.600. The van der Waals surface area contributed by atoms with Gasteiger partial charge in [0.15, 0.2) is 6.54 Å². The molecule has 0 aliphatic rings. The van der Waals surface area contributed by atoms with Crippen molar-refractivity contribution in [1.29, 1.82) is 5.26 Å². The van der Waals surface area contributed by atoms with E-state index in [1.54, 1.807) is 18.2 Å². The van der Waals surface area contributed by atoms with Crippen molar-refractivity contribution in [3.05, 3.63) is 93.5 Å². The number of nitrogens with zero attached hydrogens (tertiary/aromatic N) is 3. The molecule has 3 rings (SSSR count). The predicted molar refractivity (Wildman–Crippen MR) is 115 cm³/mol. The van der Waals surface area contributed by atoms with Crippen LogP contribution in [0.1, 0.15) is 22.5 Å². The normalized spacial score (nSPS) is 12.2. The maximum atomic E-state index is 14.4. The molecule has 0 aliphatic carbocycles. The number of aromatic nitrogens is 2. The van der Waals surface area contributed by atoms with Gasteiger partial charge in [-0.1, -0.05) is 29.8 Å². The summed E-state index contributed by atoms with van der Waals surface area (Å²) in [7, 11) is 0. The van der Waals surface area contributed by atoms with Crippen LogP contribution in [0.2, 0.25) is 5.02 Å². The summed E-state index contributed by atoms with van der Waals surface area (Å²) >= 11 is 5.93. The van der Waals surface area contributed by atoms with Crippen LogP contribution in [0.4, 0.5) is 14.6 Å². The maximum absolute atomic E-state index is 14.4. The zero-order valence-corrected chi connectivity index (χ0v) is 17.6. The molecular weight excluding hydrogens is 440 g/mol. The Labute approximate surface area is 188 Å². The molecule has 0 spiro atoms.